The molecule has 94 valence electrons. The van der Waals surface area contributed by atoms with Gasteiger partial charge in [0.15, 0.2) is 11.5 Å². The van der Waals surface area contributed by atoms with Crippen LogP contribution in [-0.4, -0.2) is 16.0 Å². The Balaban J connectivity index is 2.27. The summed E-state index contributed by atoms with van der Waals surface area (Å²) in [4.78, 5) is 0. The van der Waals surface area contributed by atoms with E-state index in [-0.39, 0.29) is 11.6 Å². The average Bonchev–Trinajstić information content (AvgIpc) is 2.77. The first-order chi connectivity index (χ1) is 8.61. The molecule has 2 aromatic rings. The first-order valence-corrected chi connectivity index (χ1v) is 6.57. The van der Waals surface area contributed by atoms with Crippen LogP contribution in [0.3, 0.4) is 0 Å². The van der Waals surface area contributed by atoms with Gasteiger partial charge in [0.05, 0.1) is 33.0 Å². The Morgan fingerprint density at radius 3 is 2.83 bits per heavy atom. The molecule has 0 amide bonds. The average molecular weight is 425 g/mol. The van der Waals surface area contributed by atoms with Crippen molar-refractivity contribution >= 4 is 50.3 Å². The summed E-state index contributed by atoms with van der Waals surface area (Å²) >= 11 is 4.98. The maximum Gasteiger partial charge on any atom is 0.197 e. The summed E-state index contributed by atoms with van der Waals surface area (Å²) in [5, 5.41) is 7.19. The van der Waals surface area contributed by atoms with Crippen molar-refractivity contribution in [3.63, 3.8) is 0 Å². The quantitative estimate of drug-likeness (QED) is 0.607. The lowest BCUT2D eigenvalue weighted by molar-refractivity contribution is 0.308. The molecule has 8 heteroatoms. The fourth-order valence-corrected chi connectivity index (χ4v) is 2.22. The van der Waals surface area contributed by atoms with Crippen molar-refractivity contribution in [2.45, 2.75) is 6.42 Å². The van der Waals surface area contributed by atoms with Crippen LogP contribution in [0.5, 0.6) is 0 Å². The predicted octanol–water partition coefficient (Wildman–Crippen LogP) is 2.94. The molecule has 0 saturated carbocycles. The van der Waals surface area contributed by atoms with Gasteiger partial charge in [-0.05, 0) is 43.9 Å². The minimum atomic E-state index is -0.311. The maximum atomic E-state index is 13.1. The van der Waals surface area contributed by atoms with E-state index in [1.807, 2.05) is 22.9 Å². The van der Waals surface area contributed by atoms with E-state index in [9.17, 15) is 4.39 Å². The zero-order valence-electron chi connectivity index (χ0n) is 8.90. The largest absolute Gasteiger partial charge is 0.379 e. The van der Waals surface area contributed by atoms with Crippen molar-refractivity contribution in [2.24, 2.45) is 3.21 Å². The highest BCUT2D eigenvalue weighted by atomic mass is 127. The molecular weight excluding hydrogens is 418 g/mol. The Morgan fingerprint density at radius 2 is 2.28 bits per heavy atom. The van der Waals surface area contributed by atoms with Crippen LogP contribution in [0.1, 0.15) is 11.3 Å². The molecule has 1 aromatic carbocycles. The summed E-state index contributed by atoms with van der Waals surface area (Å²) in [5.41, 5.74) is 7.51. The molecule has 0 bridgehead atoms. The van der Waals surface area contributed by atoms with Gasteiger partial charge < -0.3 is 5.73 Å². The SMILES string of the molecule is Nc1nonc1/C(Cc1ccc(F)c(Br)c1)=N/I. The van der Waals surface area contributed by atoms with Crippen LogP contribution in [0.4, 0.5) is 10.2 Å². The zero-order valence-corrected chi connectivity index (χ0v) is 12.6. The molecule has 0 aliphatic heterocycles. The number of halogens is 3. The van der Waals surface area contributed by atoms with Gasteiger partial charge >= 0.3 is 0 Å². The number of nitrogen functional groups attached to an aromatic ring is 1. The molecule has 0 aliphatic carbocycles. The van der Waals surface area contributed by atoms with E-state index < -0.39 is 0 Å². The first-order valence-electron chi connectivity index (χ1n) is 4.82. The topological polar surface area (TPSA) is 77.3 Å². The van der Waals surface area contributed by atoms with E-state index in [0.29, 0.717) is 22.3 Å². The number of hydrogen-bond acceptors (Lipinski definition) is 5. The van der Waals surface area contributed by atoms with E-state index in [4.69, 9.17) is 5.73 Å². The standard InChI is InChI=1S/C10H7BrFIN4O/c11-6-3-5(1-2-7(6)12)4-8(15-13)9-10(14)17-18-16-9/h1-3H,4H2,(H2,14,17)/b15-8+. The van der Waals surface area contributed by atoms with Gasteiger partial charge in [-0.2, -0.15) is 0 Å². The van der Waals surface area contributed by atoms with Gasteiger partial charge in [0, 0.05) is 6.42 Å². The molecule has 5 nitrogen and oxygen atoms in total. The normalized spacial score (nSPS) is 11.8. The lowest BCUT2D eigenvalue weighted by Crippen LogP contribution is -2.08. The molecule has 0 spiro atoms. The van der Waals surface area contributed by atoms with Crippen molar-refractivity contribution in [2.75, 3.05) is 5.73 Å². The molecule has 2 N–H and O–H groups in total. The van der Waals surface area contributed by atoms with E-state index in [2.05, 4.69) is 34.1 Å². The highest BCUT2D eigenvalue weighted by Crippen LogP contribution is 2.19. The van der Waals surface area contributed by atoms with E-state index >= 15 is 0 Å². The highest BCUT2D eigenvalue weighted by Gasteiger charge is 2.15. The Hall–Kier alpha value is -1.03. The Bertz CT molecular complexity index is 601. The lowest BCUT2D eigenvalue weighted by atomic mass is 10.1. The second kappa shape index (κ2) is 5.74. The number of benzene rings is 1. The Morgan fingerprint density at radius 1 is 1.50 bits per heavy atom. The van der Waals surface area contributed by atoms with Crippen LogP contribution >= 0.6 is 38.8 Å². The molecule has 0 atom stereocenters. The van der Waals surface area contributed by atoms with Gasteiger partial charge in [-0.25, -0.2) is 12.2 Å². The van der Waals surface area contributed by atoms with Gasteiger partial charge in [-0.1, -0.05) is 6.07 Å². The van der Waals surface area contributed by atoms with Crippen LogP contribution in [0.25, 0.3) is 0 Å². The van der Waals surface area contributed by atoms with E-state index in [1.165, 1.54) is 6.07 Å². The Kier molecular flexibility index (Phi) is 4.27. The maximum absolute atomic E-state index is 13.1. The van der Waals surface area contributed by atoms with E-state index in [1.54, 1.807) is 12.1 Å². The third-order valence-corrected chi connectivity index (χ3v) is 3.43. The van der Waals surface area contributed by atoms with Crippen LogP contribution in [-0.2, 0) is 6.42 Å². The van der Waals surface area contributed by atoms with Crippen LogP contribution in [0.15, 0.2) is 30.5 Å². The minimum absolute atomic E-state index is 0.187. The fraction of sp³-hybridized carbons (Fsp3) is 0.100. The van der Waals surface area contributed by atoms with E-state index in [0.717, 1.165) is 5.56 Å². The van der Waals surface area contributed by atoms with Gasteiger partial charge in [0.1, 0.15) is 5.82 Å². The second-order valence-corrected chi connectivity index (χ2v) is 4.79. The van der Waals surface area contributed by atoms with Gasteiger partial charge in [-0.15, -0.1) is 0 Å². The fourth-order valence-electron chi connectivity index (χ4n) is 1.39. The summed E-state index contributed by atoms with van der Waals surface area (Å²) in [7, 11) is 0. The van der Waals surface area contributed by atoms with Gasteiger partial charge in [0.2, 0.25) is 0 Å². The number of aromatic nitrogens is 2. The number of nitrogens with two attached hydrogens (primary N) is 1. The molecule has 0 fully saturated rings. The van der Waals surface area contributed by atoms with Gasteiger partial charge in [0.25, 0.3) is 0 Å². The number of anilines is 1. The molecule has 18 heavy (non-hydrogen) atoms. The molecule has 0 saturated heterocycles. The smallest absolute Gasteiger partial charge is 0.197 e. The number of hydrogen-bond donors (Lipinski definition) is 1. The molecule has 0 radical (unpaired) electrons. The van der Waals surface area contributed by atoms with Crippen LogP contribution in [0, 0.1) is 5.82 Å². The third-order valence-electron chi connectivity index (χ3n) is 2.24. The summed E-state index contributed by atoms with van der Waals surface area (Å²) in [6.07, 6.45) is 0.459. The number of nitrogens with zero attached hydrogens (tertiary/aromatic N) is 3. The van der Waals surface area contributed by atoms with Crippen molar-refractivity contribution in [3.05, 3.63) is 39.7 Å². The minimum Gasteiger partial charge on any atom is -0.379 e. The Labute approximate surface area is 124 Å². The highest BCUT2D eigenvalue weighted by molar-refractivity contribution is 14.1. The van der Waals surface area contributed by atoms with Crippen molar-refractivity contribution in [1.29, 1.82) is 0 Å². The lowest BCUT2D eigenvalue weighted by Gasteiger charge is -2.03. The molecule has 0 aliphatic rings. The summed E-state index contributed by atoms with van der Waals surface area (Å²) in [5.74, 6) is -0.124. The summed E-state index contributed by atoms with van der Waals surface area (Å²) in [6.45, 7) is 0. The van der Waals surface area contributed by atoms with Crippen molar-refractivity contribution in [1.82, 2.24) is 10.3 Å². The molecular formula is C10H7BrFIN4O. The van der Waals surface area contributed by atoms with Crippen molar-refractivity contribution < 1.29 is 9.02 Å². The summed E-state index contributed by atoms with van der Waals surface area (Å²) < 4.78 is 22.1. The second-order valence-electron chi connectivity index (χ2n) is 3.45. The molecule has 2 rings (SSSR count). The van der Waals surface area contributed by atoms with Crippen LogP contribution in [0.2, 0.25) is 0 Å². The number of rotatable bonds is 3. The van der Waals surface area contributed by atoms with Crippen LogP contribution < -0.4 is 5.73 Å². The van der Waals surface area contributed by atoms with Gasteiger partial charge in [-0.3, -0.25) is 0 Å². The zero-order chi connectivity index (χ0) is 13.1. The molecule has 0 unspecified atom stereocenters. The predicted molar refractivity (Wildman–Crippen MR) is 77.1 cm³/mol. The third kappa shape index (κ3) is 2.86. The molecule has 1 heterocycles. The van der Waals surface area contributed by atoms with Crippen molar-refractivity contribution in [3.8, 4) is 0 Å². The molecule has 1 aromatic heterocycles. The summed E-state index contributed by atoms with van der Waals surface area (Å²) in [6, 6.07) is 4.74. The monoisotopic (exact) mass is 424 g/mol. The first kappa shape index (κ1) is 13.4.